The number of anilines is 1. The molecule has 1 aliphatic heterocycles. The van der Waals surface area contributed by atoms with Gasteiger partial charge in [0.1, 0.15) is 29.5 Å². The number of rotatable bonds is 6. The summed E-state index contributed by atoms with van der Waals surface area (Å²) in [7, 11) is 0. The van der Waals surface area contributed by atoms with Crippen molar-refractivity contribution in [3.63, 3.8) is 0 Å². The first kappa shape index (κ1) is 22.6. The smallest absolute Gasteiger partial charge is 0.326 e. The van der Waals surface area contributed by atoms with Gasteiger partial charge in [0.25, 0.3) is 0 Å². The Labute approximate surface area is 199 Å². The monoisotopic (exact) mass is 480 g/mol. The molecule has 0 aliphatic carbocycles. The zero-order chi connectivity index (χ0) is 24.5. The molecule has 11 heteroatoms. The Hall–Kier alpha value is -4.15. The number of carbonyl (C=O) groups is 1. The Kier molecular flexibility index (Phi) is 5.98. The summed E-state index contributed by atoms with van der Waals surface area (Å²) in [5, 5.41) is 18.3. The maximum atomic E-state index is 14.8. The van der Waals surface area contributed by atoms with E-state index >= 15 is 0 Å². The van der Waals surface area contributed by atoms with Gasteiger partial charge in [0.15, 0.2) is 17.5 Å². The van der Waals surface area contributed by atoms with Crippen molar-refractivity contribution in [1.82, 2.24) is 24.9 Å². The van der Waals surface area contributed by atoms with Gasteiger partial charge in [-0.2, -0.15) is 5.10 Å². The van der Waals surface area contributed by atoms with Crippen molar-refractivity contribution >= 4 is 11.8 Å². The van der Waals surface area contributed by atoms with Gasteiger partial charge in [0.05, 0.1) is 18.4 Å². The van der Waals surface area contributed by atoms with Gasteiger partial charge in [-0.05, 0) is 30.9 Å². The van der Waals surface area contributed by atoms with Crippen LogP contribution in [0.2, 0.25) is 0 Å². The number of benzene rings is 1. The van der Waals surface area contributed by atoms with E-state index in [0.29, 0.717) is 29.2 Å². The molecule has 35 heavy (non-hydrogen) atoms. The molecule has 0 saturated carbocycles. The van der Waals surface area contributed by atoms with Gasteiger partial charge in [0, 0.05) is 18.2 Å². The Bertz CT molecular complexity index is 1360. The molecule has 4 aromatic rings. The Morgan fingerprint density at radius 1 is 1.20 bits per heavy atom. The molecule has 0 unspecified atom stereocenters. The van der Waals surface area contributed by atoms with Gasteiger partial charge >= 0.3 is 5.97 Å². The van der Waals surface area contributed by atoms with Crippen LogP contribution in [0.5, 0.6) is 0 Å². The number of nitrogens with zero attached hydrogens (tertiary/aromatic N) is 6. The van der Waals surface area contributed by atoms with Gasteiger partial charge in [-0.3, -0.25) is 4.68 Å². The minimum absolute atomic E-state index is 0.0828. The molecule has 2 atom stereocenters. The maximum Gasteiger partial charge on any atom is 0.326 e. The average Bonchev–Trinajstić information content (AvgIpc) is 3.51. The van der Waals surface area contributed by atoms with Crippen molar-refractivity contribution in [1.29, 1.82) is 0 Å². The predicted molar refractivity (Wildman–Crippen MR) is 121 cm³/mol. The molecule has 5 rings (SSSR count). The number of aliphatic carboxylic acids is 1. The molecular weight excluding hydrogens is 458 g/mol. The molecule has 0 amide bonds. The summed E-state index contributed by atoms with van der Waals surface area (Å²) in [6.07, 6.45) is 3.87. The Morgan fingerprint density at radius 3 is 2.77 bits per heavy atom. The molecule has 1 aromatic carbocycles. The highest BCUT2D eigenvalue weighted by atomic mass is 19.1. The molecule has 9 nitrogen and oxygen atoms in total. The molecule has 1 N–H and O–H groups in total. The van der Waals surface area contributed by atoms with Crippen LogP contribution in [-0.4, -0.2) is 48.6 Å². The van der Waals surface area contributed by atoms with E-state index in [0.717, 1.165) is 19.0 Å². The summed E-state index contributed by atoms with van der Waals surface area (Å²) in [5.74, 6) is -2.26. The number of hydrogen-bond acceptors (Lipinski definition) is 7. The molecule has 3 aromatic heterocycles. The number of carboxylic acid groups (broad SMARTS) is 1. The lowest BCUT2D eigenvalue weighted by atomic mass is 9.91. The Balaban J connectivity index is 1.56. The summed E-state index contributed by atoms with van der Waals surface area (Å²) >= 11 is 0. The summed E-state index contributed by atoms with van der Waals surface area (Å²) in [6, 6.07) is 8.75. The summed E-state index contributed by atoms with van der Waals surface area (Å²) in [6.45, 7) is 2.30. The van der Waals surface area contributed by atoms with Crippen LogP contribution in [0.1, 0.15) is 25.3 Å². The minimum atomic E-state index is -1.03. The fourth-order valence-electron chi connectivity index (χ4n) is 4.47. The van der Waals surface area contributed by atoms with Gasteiger partial charge < -0.3 is 14.5 Å². The van der Waals surface area contributed by atoms with E-state index in [-0.39, 0.29) is 29.9 Å². The second-order valence-corrected chi connectivity index (χ2v) is 8.51. The van der Waals surface area contributed by atoms with Gasteiger partial charge in [0.2, 0.25) is 0 Å². The highest BCUT2D eigenvalue weighted by Crippen LogP contribution is 2.31. The van der Waals surface area contributed by atoms with E-state index in [1.165, 1.54) is 17.2 Å². The first-order valence-corrected chi connectivity index (χ1v) is 11.2. The van der Waals surface area contributed by atoms with Crippen LogP contribution in [0.4, 0.5) is 14.6 Å². The van der Waals surface area contributed by atoms with E-state index in [9.17, 15) is 18.7 Å². The number of carboxylic acids is 1. The number of aromatic nitrogens is 5. The topological polar surface area (TPSA) is 110 Å². The van der Waals surface area contributed by atoms with Crippen LogP contribution in [0.3, 0.4) is 0 Å². The minimum Gasteiger partial charge on any atom is -0.480 e. The lowest BCUT2D eigenvalue weighted by molar-refractivity contribution is -0.140. The number of piperidine rings is 1. The molecule has 180 valence electrons. The predicted octanol–water partition coefficient (Wildman–Crippen LogP) is 4.01. The van der Waals surface area contributed by atoms with Crippen molar-refractivity contribution in [3.05, 3.63) is 66.1 Å². The second-order valence-electron chi connectivity index (χ2n) is 8.51. The second kappa shape index (κ2) is 9.24. The van der Waals surface area contributed by atoms with Crippen LogP contribution in [-0.2, 0) is 11.3 Å². The SMILES string of the molecule is C[C@H]1CCCN(c2nc(-c3cc(-c4ccon4)n(Cc4ccccc4F)n3)ncc2F)[C@H]1C(=O)O. The van der Waals surface area contributed by atoms with Gasteiger partial charge in [-0.25, -0.2) is 23.5 Å². The summed E-state index contributed by atoms with van der Waals surface area (Å²) in [4.78, 5) is 21.9. The van der Waals surface area contributed by atoms with E-state index in [1.54, 1.807) is 35.0 Å². The highest BCUT2D eigenvalue weighted by molar-refractivity contribution is 5.78. The van der Waals surface area contributed by atoms with Crippen LogP contribution in [0.25, 0.3) is 22.9 Å². The van der Waals surface area contributed by atoms with E-state index in [1.807, 2.05) is 6.92 Å². The quantitative estimate of drug-likeness (QED) is 0.441. The normalized spacial score (nSPS) is 18.1. The van der Waals surface area contributed by atoms with E-state index < -0.39 is 17.8 Å². The van der Waals surface area contributed by atoms with Crippen molar-refractivity contribution < 1.29 is 23.2 Å². The van der Waals surface area contributed by atoms with Gasteiger partial charge in [-0.1, -0.05) is 30.3 Å². The van der Waals surface area contributed by atoms with Gasteiger partial charge in [-0.15, -0.1) is 0 Å². The summed E-state index contributed by atoms with van der Waals surface area (Å²) in [5.41, 5.74) is 1.72. The molecule has 1 aliphatic rings. The zero-order valence-electron chi connectivity index (χ0n) is 18.8. The number of hydrogen-bond donors (Lipinski definition) is 1. The lowest BCUT2D eigenvalue weighted by Crippen LogP contribution is -2.50. The molecule has 0 radical (unpaired) electrons. The van der Waals surface area contributed by atoms with Crippen molar-refractivity contribution in [2.45, 2.75) is 32.4 Å². The average molecular weight is 480 g/mol. The van der Waals surface area contributed by atoms with Crippen LogP contribution in [0, 0.1) is 17.6 Å². The third-order valence-corrected chi connectivity index (χ3v) is 6.17. The molecule has 1 fully saturated rings. The molecule has 1 saturated heterocycles. The van der Waals surface area contributed by atoms with Crippen LogP contribution >= 0.6 is 0 Å². The Morgan fingerprint density at radius 2 is 2.03 bits per heavy atom. The van der Waals surface area contributed by atoms with Crippen molar-refractivity contribution in [2.75, 3.05) is 11.4 Å². The maximum absolute atomic E-state index is 14.8. The molecule has 0 spiro atoms. The molecule has 0 bridgehead atoms. The largest absolute Gasteiger partial charge is 0.480 e. The fraction of sp³-hybridized carbons (Fsp3) is 0.292. The first-order chi connectivity index (χ1) is 16.9. The fourth-order valence-corrected chi connectivity index (χ4v) is 4.47. The van der Waals surface area contributed by atoms with Crippen LogP contribution < -0.4 is 4.90 Å². The van der Waals surface area contributed by atoms with E-state index in [4.69, 9.17) is 4.52 Å². The molecular formula is C24H22F2N6O3. The zero-order valence-corrected chi connectivity index (χ0v) is 18.8. The van der Waals surface area contributed by atoms with E-state index in [2.05, 4.69) is 20.2 Å². The third-order valence-electron chi connectivity index (χ3n) is 6.17. The summed E-state index contributed by atoms with van der Waals surface area (Å²) < 4.78 is 35.7. The number of halogens is 2. The third kappa shape index (κ3) is 4.36. The van der Waals surface area contributed by atoms with Crippen LogP contribution in [0.15, 0.2) is 53.4 Å². The standard InChI is InChI=1S/C24H22F2N6O3/c1-14-5-4-9-31(21(14)24(33)34)23-17(26)12-27-22(28-23)19-11-20(18-8-10-35-30-18)32(29-19)13-15-6-2-3-7-16(15)25/h2-3,6-8,10-12,14,21H,4-5,9,13H2,1H3,(H,33,34)/t14-,21+/m0/s1. The lowest BCUT2D eigenvalue weighted by Gasteiger charge is -2.38. The van der Waals surface area contributed by atoms with Crippen molar-refractivity contribution in [2.24, 2.45) is 5.92 Å². The first-order valence-electron chi connectivity index (χ1n) is 11.2. The van der Waals surface area contributed by atoms with Crippen molar-refractivity contribution in [3.8, 4) is 22.9 Å². The highest BCUT2D eigenvalue weighted by Gasteiger charge is 2.36. The molecule has 4 heterocycles.